The average molecular weight is 308 g/mol. The summed E-state index contributed by atoms with van der Waals surface area (Å²) in [5, 5.41) is 2.90. The first-order valence-corrected chi connectivity index (χ1v) is 7.19. The Balaban J connectivity index is 1.70. The third-order valence-electron chi connectivity index (χ3n) is 3.71. The van der Waals surface area contributed by atoms with Crippen molar-refractivity contribution in [2.24, 2.45) is 0 Å². The highest BCUT2D eigenvalue weighted by molar-refractivity contribution is 5.82. The van der Waals surface area contributed by atoms with Crippen LogP contribution in [0.3, 0.4) is 0 Å². The van der Waals surface area contributed by atoms with Crippen LogP contribution in [-0.4, -0.2) is 38.3 Å². The number of amides is 1. The molecule has 22 heavy (non-hydrogen) atoms. The molecule has 8 heteroatoms. The lowest BCUT2D eigenvalue weighted by Crippen LogP contribution is -2.46. The molecule has 4 N–H and O–H groups in total. The Kier molecular flexibility index (Phi) is 4.32. The van der Waals surface area contributed by atoms with Crippen LogP contribution in [0.4, 0.5) is 0 Å². The second kappa shape index (κ2) is 6.39. The molecule has 2 unspecified atom stereocenters. The van der Waals surface area contributed by atoms with Gasteiger partial charge in [0.25, 0.3) is 0 Å². The van der Waals surface area contributed by atoms with Crippen LogP contribution in [0.15, 0.2) is 12.1 Å². The number of ether oxygens (including phenoxy) is 3. The van der Waals surface area contributed by atoms with Gasteiger partial charge < -0.3 is 19.5 Å². The molecule has 2 atom stereocenters. The Hall–Kier alpha value is -2.03. The van der Waals surface area contributed by atoms with Gasteiger partial charge in [-0.15, -0.1) is 0 Å². The summed E-state index contributed by atoms with van der Waals surface area (Å²) < 4.78 is 16.4. The molecule has 1 amide bonds. The summed E-state index contributed by atoms with van der Waals surface area (Å²) in [5.74, 6) is 1.90. The number of fused-ring (bicyclic) bond motifs is 1. The number of nitrogens with one attached hydrogen (secondary N) is 4. The molecule has 2 aliphatic rings. The van der Waals surface area contributed by atoms with Gasteiger partial charge in [-0.25, -0.2) is 10.9 Å². The highest BCUT2D eigenvalue weighted by Gasteiger charge is 2.29. The van der Waals surface area contributed by atoms with Crippen LogP contribution in [0.1, 0.15) is 12.5 Å². The average Bonchev–Trinajstić information content (AvgIpc) is 2.97. The first kappa shape index (κ1) is 14.9. The minimum absolute atomic E-state index is 0.00200. The molecule has 0 spiro atoms. The fourth-order valence-corrected chi connectivity index (χ4v) is 2.47. The number of carbonyl (C=O) groups excluding carboxylic acids is 1. The molecule has 0 bridgehead atoms. The molecule has 0 aliphatic carbocycles. The molecule has 1 aromatic rings. The first-order chi connectivity index (χ1) is 10.7. The zero-order chi connectivity index (χ0) is 15.5. The second-order valence-corrected chi connectivity index (χ2v) is 5.21. The van der Waals surface area contributed by atoms with Crippen LogP contribution in [0.2, 0.25) is 0 Å². The van der Waals surface area contributed by atoms with Crippen molar-refractivity contribution in [1.82, 2.24) is 21.7 Å². The van der Waals surface area contributed by atoms with Crippen molar-refractivity contribution >= 4 is 5.91 Å². The van der Waals surface area contributed by atoms with Gasteiger partial charge in [-0.3, -0.25) is 4.79 Å². The molecular weight excluding hydrogens is 288 g/mol. The summed E-state index contributed by atoms with van der Waals surface area (Å²) in [6.07, 6.45) is 0. The SMILES string of the molecule is COc1cc2c(cc1CNC(=O)C1NNNC1C)OCCO2. The number of hydrazine groups is 2. The van der Waals surface area contributed by atoms with E-state index in [0.29, 0.717) is 37.0 Å². The number of hydrogen-bond acceptors (Lipinski definition) is 7. The quantitative estimate of drug-likeness (QED) is 0.593. The molecule has 120 valence electrons. The van der Waals surface area contributed by atoms with Gasteiger partial charge in [0.15, 0.2) is 11.5 Å². The molecule has 8 nitrogen and oxygen atoms in total. The highest BCUT2D eigenvalue weighted by Crippen LogP contribution is 2.36. The minimum Gasteiger partial charge on any atom is -0.496 e. The zero-order valence-electron chi connectivity index (χ0n) is 12.6. The normalized spacial score (nSPS) is 23.2. The van der Waals surface area contributed by atoms with Crippen molar-refractivity contribution < 1.29 is 19.0 Å². The van der Waals surface area contributed by atoms with E-state index in [2.05, 4.69) is 21.7 Å². The molecule has 1 aromatic carbocycles. The third-order valence-corrected chi connectivity index (χ3v) is 3.71. The van der Waals surface area contributed by atoms with Crippen LogP contribution < -0.4 is 35.9 Å². The molecule has 2 aliphatic heterocycles. The summed E-state index contributed by atoms with van der Waals surface area (Å²) in [6.45, 7) is 3.31. The smallest absolute Gasteiger partial charge is 0.240 e. The van der Waals surface area contributed by atoms with Crippen LogP contribution in [-0.2, 0) is 11.3 Å². The number of rotatable bonds is 4. The summed E-state index contributed by atoms with van der Waals surface area (Å²) in [7, 11) is 1.59. The van der Waals surface area contributed by atoms with E-state index in [1.54, 1.807) is 13.2 Å². The van der Waals surface area contributed by atoms with Crippen molar-refractivity contribution in [2.75, 3.05) is 20.3 Å². The topological polar surface area (TPSA) is 92.9 Å². The fourth-order valence-electron chi connectivity index (χ4n) is 2.47. The predicted molar refractivity (Wildman–Crippen MR) is 78.5 cm³/mol. The van der Waals surface area contributed by atoms with Crippen molar-refractivity contribution in [3.63, 3.8) is 0 Å². The standard InChI is InChI=1S/C14H20N4O4/c1-8-13(17-18-16-8)14(19)15-7-9-5-11-12(6-10(9)20-2)22-4-3-21-11/h5-6,8,13,16-18H,3-4,7H2,1-2H3,(H,15,19). The lowest BCUT2D eigenvalue weighted by molar-refractivity contribution is -0.123. The van der Waals surface area contributed by atoms with Crippen molar-refractivity contribution in [3.8, 4) is 17.2 Å². The molecule has 0 aromatic heterocycles. The van der Waals surface area contributed by atoms with E-state index in [9.17, 15) is 4.79 Å². The van der Waals surface area contributed by atoms with E-state index in [4.69, 9.17) is 14.2 Å². The van der Waals surface area contributed by atoms with Crippen LogP contribution in [0.25, 0.3) is 0 Å². The molecule has 1 fully saturated rings. The summed E-state index contributed by atoms with van der Waals surface area (Å²) in [6, 6.07) is 3.30. The first-order valence-electron chi connectivity index (χ1n) is 7.19. The maximum atomic E-state index is 12.2. The maximum absolute atomic E-state index is 12.2. The number of benzene rings is 1. The Morgan fingerprint density at radius 2 is 2.05 bits per heavy atom. The third kappa shape index (κ3) is 2.94. The van der Waals surface area contributed by atoms with Crippen LogP contribution >= 0.6 is 0 Å². The monoisotopic (exact) mass is 308 g/mol. The number of hydrogen-bond donors (Lipinski definition) is 4. The lowest BCUT2D eigenvalue weighted by atomic mass is 10.1. The fraction of sp³-hybridized carbons (Fsp3) is 0.500. The van der Waals surface area contributed by atoms with Crippen molar-refractivity contribution in [1.29, 1.82) is 0 Å². The Bertz CT molecular complexity index is 566. The van der Waals surface area contributed by atoms with Gasteiger partial charge >= 0.3 is 0 Å². The van der Waals surface area contributed by atoms with E-state index in [1.165, 1.54) is 0 Å². The Morgan fingerprint density at radius 1 is 1.32 bits per heavy atom. The highest BCUT2D eigenvalue weighted by atomic mass is 16.6. The lowest BCUT2D eigenvalue weighted by Gasteiger charge is -2.21. The minimum atomic E-state index is -0.330. The summed E-state index contributed by atoms with van der Waals surface area (Å²) >= 11 is 0. The molecule has 2 heterocycles. The summed E-state index contributed by atoms with van der Waals surface area (Å²) in [5.41, 5.74) is 9.38. The van der Waals surface area contributed by atoms with Crippen LogP contribution in [0.5, 0.6) is 17.2 Å². The largest absolute Gasteiger partial charge is 0.496 e. The van der Waals surface area contributed by atoms with Gasteiger partial charge in [-0.1, -0.05) is 0 Å². The van der Waals surface area contributed by atoms with Crippen molar-refractivity contribution in [3.05, 3.63) is 17.7 Å². The zero-order valence-corrected chi connectivity index (χ0v) is 12.6. The summed E-state index contributed by atoms with van der Waals surface area (Å²) in [4.78, 5) is 12.2. The molecule has 1 saturated heterocycles. The second-order valence-electron chi connectivity index (χ2n) is 5.21. The molecule has 3 rings (SSSR count). The van der Waals surface area contributed by atoms with Crippen LogP contribution in [0, 0.1) is 0 Å². The van der Waals surface area contributed by atoms with E-state index in [1.807, 2.05) is 13.0 Å². The van der Waals surface area contributed by atoms with E-state index < -0.39 is 0 Å². The van der Waals surface area contributed by atoms with Gasteiger partial charge in [0.05, 0.1) is 7.11 Å². The predicted octanol–water partition coefficient (Wildman–Crippen LogP) is -0.548. The Labute approximate surface area is 128 Å². The van der Waals surface area contributed by atoms with Gasteiger partial charge in [0.1, 0.15) is 25.0 Å². The molecule has 0 saturated carbocycles. The van der Waals surface area contributed by atoms with Gasteiger partial charge in [0.2, 0.25) is 5.91 Å². The number of carbonyl (C=O) groups is 1. The van der Waals surface area contributed by atoms with Gasteiger partial charge in [0, 0.05) is 24.2 Å². The van der Waals surface area contributed by atoms with E-state index in [0.717, 1.165) is 5.56 Å². The van der Waals surface area contributed by atoms with E-state index in [-0.39, 0.29) is 18.0 Å². The van der Waals surface area contributed by atoms with Gasteiger partial charge in [-0.05, 0) is 13.0 Å². The molecule has 0 radical (unpaired) electrons. The van der Waals surface area contributed by atoms with Crippen molar-refractivity contribution in [2.45, 2.75) is 25.6 Å². The van der Waals surface area contributed by atoms with E-state index >= 15 is 0 Å². The number of methoxy groups -OCH3 is 1. The van der Waals surface area contributed by atoms with Gasteiger partial charge in [-0.2, -0.15) is 5.53 Å². The molecular formula is C14H20N4O4. The Morgan fingerprint density at radius 3 is 2.68 bits per heavy atom. The maximum Gasteiger partial charge on any atom is 0.240 e.